The molecule has 0 radical (unpaired) electrons. The Labute approximate surface area is 86.9 Å². The van der Waals surface area contributed by atoms with Crippen LogP contribution in [0.5, 0.6) is 0 Å². The van der Waals surface area contributed by atoms with Gasteiger partial charge in [-0.2, -0.15) is 0 Å². The van der Waals surface area contributed by atoms with Gasteiger partial charge in [0.15, 0.2) is 0 Å². The van der Waals surface area contributed by atoms with E-state index in [1.807, 2.05) is 11.9 Å². The molecule has 1 amide bonds. The van der Waals surface area contributed by atoms with Gasteiger partial charge in [0.2, 0.25) is 5.91 Å². The summed E-state index contributed by atoms with van der Waals surface area (Å²) < 4.78 is 0. The molecule has 3 heteroatoms. The fourth-order valence-electron chi connectivity index (χ4n) is 2.24. The fraction of sp³-hybridized carbons (Fsp3) is 0.909. The van der Waals surface area contributed by atoms with Crippen LogP contribution in [0.4, 0.5) is 0 Å². The van der Waals surface area contributed by atoms with Gasteiger partial charge >= 0.3 is 0 Å². The average Bonchev–Trinajstić information content (AvgIpc) is 2.41. The first kappa shape index (κ1) is 11.5. The highest BCUT2D eigenvalue weighted by atomic mass is 16.2. The predicted octanol–water partition coefficient (Wildman–Crippen LogP) is 1.39. The average molecular weight is 198 g/mol. The van der Waals surface area contributed by atoms with Crippen LogP contribution in [0.1, 0.15) is 39.5 Å². The van der Waals surface area contributed by atoms with Crippen LogP contribution in [0.3, 0.4) is 0 Å². The molecule has 1 heterocycles. The summed E-state index contributed by atoms with van der Waals surface area (Å²) in [7, 11) is 1.97. The van der Waals surface area contributed by atoms with E-state index in [0.717, 1.165) is 19.4 Å². The molecule has 2 unspecified atom stereocenters. The van der Waals surface area contributed by atoms with Gasteiger partial charge in [-0.1, -0.05) is 12.8 Å². The first-order chi connectivity index (χ1) is 6.66. The maximum atomic E-state index is 11.5. The lowest BCUT2D eigenvalue weighted by Gasteiger charge is -2.33. The Bertz CT molecular complexity index is 194. The van der Waals surface area contributed by atoms with Crippen molar-refractivity contribution in [2.45, 2.75) is 51.6 Å². The van der Waals surface area contributed by atoms with Gasteiger partial charge in [-0.05, 0) is 26.8 Å². The zero-order valence-electron chi connectivity index (χ0n) is 9.55. The number of hydrogen-bond acceptors (Lipinski definition) is 2. The van der Waals surface area contributed by atoms with Gasteiger partial charge in [-0.15, -0.1) is 0 Å². The Kier molecular flexibility index (Phi) is 4.39. The summed E-state index contributed by atoms with van der Waals surface area (Å²) in [6.45, 7) is 4.78. The van der Waals surface area contributed by atoms with E-state index < -0.39 is 0 Å². The molecule has 1 N–H and O–H groups in total. The van der Waals surface area contributed by atoms with Crippen molar-refractivity contribution in [1.82, 2.24) is 10.2 Å². The van der Waals surface area contributed by atoms with Gasteiger partial charge in [0.1, 0.15) is 0 Å². The SMILES string of the molecule is CNC(C)C1CCCCCN1C(C)=O. The van der Waals surface area contributed by atoms with Crippen LogP contribution in [0.2, 0.25) is 0 Å². The maximum Gasteiger partial charge on any atom is 0.219 e. The molecule has 1 aliphatic heterocycles. The molecule has 1 aliphatic rings. The second-order valence-corrected chi connectivity index (χ2v) is 4.21. The smallest absolute Gasteiger partial charge is 0.219 e. The van der Waals surface area contributed by atoms with E-state index in [9.17, 15) is 4.79 Å². The summed E-state index contributed by atoms with van der Waals surface area (Å²) in [6, 6.07) is 0.789. The van der Waals surface area contributed by atoms with Gasteiger partial charge in [0, 0.05) is 25.6 Å². The molecule has 0 aromatic rings. The van der Waals surface area contributed by atoms with Crippen molar-refractivity contribution >= 4 is 5.91 Å². The van der Waals surface area contributed by atoms with Crippen molar-refractivity contribution in [3.05, 3.63) is 0 Å². The van der Waals surface area contributed by atoms with E-state index >= 15 is 0 Å². The zero-order chi connectivity index (χ0) is 10.6. The molecule has 0 aromatic heterocycles. The number of nitrogens with one attached hydrogen (secondary N) is 1. The van der Waals surface area contributed by atoms with E-state index in [0.29, 0.717) is 12.1 Å². The van der Waals surface area contributed by atoms with Gasteiger partial charge in [0.05, 0.1) is 0 Å². The van der Waals surface area contributed by atoms with Crippen LogP contribution in [0, 0.1) is 0 Å². The Morgan fingerprint density at radius 1 is 1.43 bits per heavy atom. The van der Waals surface area contributed by atoms with Crippen LogP contribution >= 0.6 is 0 Å². The monoisotopic (exact) mass is 198 g/mol. The second-order valence-electron chi connectivity index (χ2n) is 4.21. The lowest BCUT2D eigenvalue weighted by atomic mass is 10.0. The molecular formula is C11H22N2O. The normalized spacial score (nSPS) is 25.6. The Hall–Kier alpha value is -0.570. The number of amides is 1. The molecule has 0 aromatic carbocycles. The summed E-state index contributed by atoms with van der Waals surface area (Å²) in [5, 5.41) is 3.25. The zero-order valence-corrected chi connectivity index (χ0v) is 9.55. The van der Waals surface area contributed by atoms with E-state index in [1.54, 1.807) is 6.92 Å². The standard InChI is InChI=1S/C11H22N2O/c1-9(12-3)11-7-5-4-6-8-13(11)10(2)14/h9,11-12H,4-8H2,1-3H3. The Morgan fingerprint density at radius 2 is 2.14 bits per heavy atom. The molecule has 1 rings (SSSR count). The topological polar surface area (TPSA) is 32.3 Å². The van der Waals surface area contributed by atoms with Gasteiger partial charge in [0.25, 0.3) is 0 Å². The number of hydrogen-bond donors (Lipinski definition) is 1. The molecule has 1 fully saturated rings. The number of carbonyl (C=O) groups is 1. The van der Waals surface area contributed by atoms with Crippen molar-refractivity contribution in [3.8, 4) is 0 Å². The summed E-state index contributed by atoms with van der Waals surface area (Å²) in [4.78, 5) is 13.5. The predicted molar refractivity (Wildman–Crippen MR) is 58.2 cm³/mol. The molecule has 0 bridgehead atoms. The lowest BCUT2D eigenvalue weighted by Crippen LogP contribution is -2.49. The van der Waals surface area contributed by atoms with Crippen LogP contribution in [0.25, 0.3) is 0 Å². The number of nitrogens with zero attached hydrogens (tertiary/aromatic N) is 1. The summed E-state index contributed by atoms with van der Waals surface area (Å²) >= 11 is 0. The molecule has 2 atom stereocenters. The molecule has 82 valence electrons. The van der Waals surface area contributed by atoms with Gasteiger partial charge in [-0.25, -0.2) is 0 Å². The van der Waals surface area contributed by atoms with Crippen LogP contribution in [-0.4, -0.2) is 36.5 Å². The van der Waals surface area contributed by atoms with E-state index in [2.05, 4.69) is 12.2 Å². The third-order valence-electron chi connectivity index (χ3n) is 3.24. The molecule has 1 saturated heterocycles. The maximum absolute atomic E-state index is 11.5. The quantitative estimate of drug-likeness (QED) is 0.727. The summed E-state index contributed by atoms with van der Waals surface area (Å²) in [5.41, 5.74) is 0. The Balaban J connectivity index is 2.68. The summed E-state index contributed by atoms with van der Waals surface area (Å²) in [5.74, 6) is 0.221. The number of carbonyl (C=O) groups excluding carboxylic acids is 1. The van der Waals surface area contributed by atoms with E-state index in [-0.39, 0.29) is 5.91 Å². The van der Waals surface area contributed by atoms with Crippen LogP contribution in [0.15, 0.2) is 0 Å². The molecule has 14 heavy (non-hydrogen) atoms. The second kappa shape index (κ2) is 5.35. The largest absolute Gasteiger partial charge is 0.338 e. The van der Waals surface area contributed by atoms with Crippen molar-refractivity contribution in [3.63, 3.8) is 0 Å². The first-order valence-electron chi connectivity index (χ1n) is 5.61. The highest BCUT2D eigenvalue weighted by Crippen LogP contribution is 2.19. The highest BCUT2D eigenvalue weighted by molar-refractivity contribution is 5.73. The molecule has 0 saturated carbocycles. The summed E-state index contributed by atoms with van der Waals surface area (Å²) in [6.07, 6.45) is 4.81. The highest BCUT2D eigenvalue weighted by Gasteiger charge is 2.26. The minimum absolute atomic E-state index is 0.221. The van der Waals surface area contributed by atoms with Crippen molar-refractivity contribution in [1.29, 1.82) is 0 Å². The van der Waals surface area contributed by atoms with Crippen molar-refractivity contribution in [2.75, 3.05) is 13.6 Å². The Morgan fingerprint density at radius 3 is 2.71 bits per heavy atom. The van der Waals surface area contributed by atoms with Crippen LogP contribution < -0.4 is 5.32 Å². The van der Waals surface area contributed by atoms with Gasteiger partial charge < -0.3 is 10.2 Å². The first-order valence-corrected chi connectivity index (χ1v) is 5.61. The third-order valence-corrected chi connectivity index (χ3v) is 3.24. The minimum atomic E-state index is 0.221. The molecule has 3 nitrogen and oxygen atoms in total. The lowest BCUT2D eigenvalue weighted by molar-refractivity contribution is -0.131. The molecule has 0 spiro atoms. The minimum Gasteiger partial charge on any atom is -0.338 e. The molecular weight excluding hydrogens is 176 g/mol. The number of rotatable bonds is 2. The van der Waals surface area contributed by atoms with Crippen molar-refractivity contribution in [2.24, 2.45) is 0 Å². The number of likely N-dealkylation sites (tertiary alicyclic amines) is 1. The van der Waals surface area contributed by atoms with E-state index in [1.165, 1.54) is 12.8 Å². The molecule has 0 aliphatic carbocycles. The van der Waals surface area contributed by atoms with Crippen LogP contribution in [-0.2, 0) is 4.79 Å². The van der Waals surface area contributed by atoms with Crippen molar-refractivity contribution < 1.29 is 4.79 Å². The number of likely N-dealkylation sites (N-methyl/N-ethyl adjacent to an activating group) is 1. The fourth-order valence-corrected chi connectivity index (χ4v) is 2.24. The van der Waals surface area contributed by atoms with Gasteiger partial charge in [-0.3, -0.25) is 4.79 Å². The van der Waals surface area contributed by atoms with E-state index in [4.69, 9.17) is 0 Å². The third kappa shape index (κ3) is 2.71.